The van der Waals surface area contributed by atoms with E-state index in [-0.39, 0.29) is 29.3 Å². The van der Waals surface area contributed by atoms with E-state index >= 15 is 0 Å². The zero-order valence-corrected chi connectivity index (χ0v) is 23.6. The van der Waals surface area contributed by atoms with Crippen molar-refractivity contribution in [2.75, 3.05) is 30.0 Å². The number of nitrogens with zero attached hydrogens (tertiary/aromatic N) is 4. The molecule has 42 heavy (non-hydrogen) atoms. The van der Waals surface area contributed by atoms with Gasteiger partial charge in [-0.05, 0) is 55.7 Å². The quantitative estimate of drug-likeness (QED) is 0.284. The lowest BCUT2D eigenvalue weighted by Gasteiger charge is -2.19. The highest BCUT2D eigenvalue weighted by atomic mass is 19.4. The number of hydrogen-bond donors (Lipinski definition) is 4. The Kier molecular flexibility index (Phi) is 8.23. The van der Waals surface area contributed by atoms with Crippen LogP contribution in [0.5, 0.6) is 0 Å². The van der Waals surface area contributed by atoms with Gasteiger partial charge in [0, 0.05) is 68.4 Å². The SMILES string of the molecule is Cc1ccc(C(=O)Nc2ccc(CNCCN3CCCC3=O)c(C(F)(F)F)c2)cc1N1C=C(c2cnn(C)c2C)NN1. The van der Waals surface area contributed by atoms with Gasteiger partial charge >= 0.3 is 6.18 Å². The van der Waals surface area contributed by atoms with Gasteiger partial charge < -0.3 is 21.0 Å². The van der Waals surface area contributed by atoms with Crippen molar-refractivity contribution in [2.24, 2.45) is 7.05 Å². The summed E-state index contributed by atoms with van der Waals surface area (Å²) in [5, 5.41) is 11.6. The number of likely N-dealkylation sites (tertiary alicyclic amines) is 1. The van der Waals surface area contributed by atoms with Crippen molar-refractivity contribution in [3.63, 3.8) is 0 Å². The number of carbonyl (C=O) groups is 2. The Morgan fingerprint density at radius 2 is 1.95 bits per heavy atom. The van der Waals surface area contributed by atoms with Crippen LogP contribution in [0.2, 0.25) is 0 Å². The molecule has 1 aromatic heterocycles. The van der Waals surface area contributed by atoms with E-state index in [1.807, 2.05) is 27.1 Å². The molecule has 2 aliphatic heterocycles. The zero-order valence-electron chi connectivity index (χ0n) is 23.6. The van der Waals surface area contributed by atoms with Crippen LogP contribution in [0.1, 0.15) is 51.1 Å². The molecule has 0 bridgehead atoms. The highest BCUT2D eigenvalue weighted by Gasteiger charge is 2.33. The number of rotatable bonds is 9. The maximum atomic E-state index is 13.9. The second kappa shape index (κ2) is 11.9. The van der Waals surface area contributed by atoms with E-state index in [1.54, 1.807) is 39.0 Å². The number of aromatic nitrogens is 2. The van der Waals surface area contributed by atoms with Gasteiger partial charge in [0.05, 0.1) is 23.1 Å². The van der Waals surface area contributed by atoms with Crippen molar-refractivity contribution in [3.05, 3.63) is 82.3 Å². The van der Waals surface area contributed by atoms with Gasteiger partial charge in [-0.1, -0.05) is 12.1 Å². The van der Waals surface area contributed by atoms with E-state index < -0.39 is 17.6 Å². The molecule has 0 unspecified atom stereocenters. The fourth-order valence-electron chi connectivity index (χ4n) is 5.01. The lowest BCUT2D eigenvalue weighted by Crippen LogP contribution is -2.36. The molecule has 4 N–H and O–H groups in total. The number of halogens is 3. The number of nitrogens with one attached hydrogen (secondary N) is 4. The van der Waals surface area contributed by atoms with Gasteiger partial charge in [0.1, 0.15) is 0 Å². The molecule has 0 radical (unpaired) electrons. The second-order valence-corrected chi connectivity index (χ2v) is 10.4. The summed E-state index contributed by atoms with van der Waals surface area (Å²) in [6.07, 6.45) is 0.323. The maximum Gasteiger partial charge on any atom is 0.416 e. The average molecular weight is 583 g/mol. The molecular formula is C29H33F3N8O2. The zero-order chi connectivity index (χ0) is 30.0. The highest BCUT2D eigenvalue weighted by Crippen LogP contribution is 2.34. The van der Waals surface area contributed by atoms with Gasteiger partial charge in [-0.25, -0.2) is 0 Å². The van der Waals surface area contributed by atoms with Gasteiger partial charge in [-0.3, -0.25) is 19.3 Å². The molecular weight excluding hydrogens is 549 g/mol. The summed E-state index contributed by atoms with van der Waals surface area (Å²) in [6.45, 7) is 5.35. The van der Waals surface area contributed by atoms with Crippen molar-refractivity contribution in [2.45, 2.75) is 39.4 Å². The molecule has 3 heterocycles. The molecule has 3 aromatic rings. The van der Waals surface area contributed by atoms with Crippen LogP contribution in [0.3, 0.4) is 0 Å². The molecule has 0 saturated carbocycles. The van der Waals surface area contributed by atoms with E-state index in [0.29, 0.717) is 31.7 Å². The number of benzene rings is 2. The molecule has 1 fully saturated rings. The summed E-state index contributed by atoms with van der Waals surface area (Å²) in [6, 6.07) is 8.84. The van der Waals surface area contributed by atoms with Crippen LogP contribution in [0.4, 0.5) is 24.5 Å². The summed E-state index contributed by atoms with van der Waals surface area (Å²) >= 11 is 0. The minimum atomic E-state index is -4.61. The predicted octanol–water partition coefficient (Wildman–Crippen LogP) is 3.85. The van der Waals surface area contributed by atoms with Gasteiger partial charge in [0.25, 0.3) is 5.91 Å². The molecule has 0 atom stereocenters. The third-order valence-electron chi connectivity index (χ3n) is 7.54. The van der Waals surface area contributed by atoms with E-state index in [0.717, 1.165) is 35.0 Å². The first-order valence-electron chi connectivity index (χ1n) is 13.6. The van der Waals surface area contributed by atoms with Crippen LogP contribution in [0, 0.1) is 13.8 Å². The van der Waals surface area contributed by atoms with Crippen LogP contribution in [-0.4, -0.2) is 46.1 Å². The molecule has 0 aliphatic carbocycles. The first-order chi connectivity index (χ1) is 20.0. The van der Waals surface area contributed by atoms with Crippen molar-refractivity contribution in [1.82, 2.24) is 31.0 Å². The van der Waals surface area contributed by atoms with Gasteiger partial charge in [0.15, 0.2) is 0 Å². The van der Waals surface area contributed by atoms with Crippen molar-refractivity contribution < 1.29 is 22.8 Å². The average Bonchev–Trinajstić information content (AvgIpc) is 3.68. The predicted molar refractivity (Wildman–Crippen MR) is 153 cm³/mol. The summed E-state index contributed by atoms with van der Waals surface area (Å²) in [4.78, 5) is 26.6. The number of carbonyl (C=O) groups excluding carboxylic acids is 2. The summed E-state index contributed by atoms with van der Waals surface area (Å²) in [7, 11) is 1.86. The smallest absolute Gasteiger partial charge is 0.341 e. The molecule has 1 saturated heterocycles. The standard InChI is InChI=1S/C29H33F3N8O2/c1-18-6-7-20(13-26(18)40-17-25(36-37-40)23-16-34-38(3)19(23)2)28(42)35-22-9-8-21(24(14-22)29(30,31)32)15-33-10-12-39-11-4-5-27(39)41/h6-9,13-14,16-17,33,36-37H,4-5,10-12,15H2,1-3H3,(H,35,42). The normalized spacial score (nSPS) is 15.3. The Morgan fingerprint density at radius 3 is 2.64 bits per heavy atom. The van der Waals surface area contributed by atoms with Crippen LogP contribution >= 0.6 is 0 Å². The summed E-state index contributed by atoms with van der Waals surface area (Å²) < 4.78 is 43.5. The molecule has 2 aromatic carbocycles. The van der Waals surface area contributed by atoms with E-state index in [4.69, 9.17) is 0 Å². The fourth-order valence-corrected chi connectivity index (χ4v) is 5.01. The number of aryl methyl sites for hydroxylation is 2. The lowest BCUT2D eigenvalue weighted by atomic mass is 10.0. The first-order valence-corrected chi connectivity index (χ1v) is 13.6. The van der Waals surface area contributed by atoms with E-state index in [2.05, 4.69) is 26.7 Å². The maximum absolute atomic E-state index is 13.9. The Bertz CT molecular complexity index is 1530. The van der Waals surface area contributed by atoms with Crippen LogP contribution < -0.4 is 26.6 Å². The van der Waals surface area contributed by atoms with Crippen molar-refractivity contribution in [3.8, 4) is 0 Å². The summed E-state index contributed by atoms with van der Waals surface area (Å²) in [5.74, 6) is -0.465. The van der Waals surface area contributed by atoms with Crippen molar-refractivity contribution >= 4 is 28.9 Å². The minimum Gasteiger partial charge on any atom is -0.341 e. The number of anilines is 2. The fraction of sp³-hybridized carbons (Fsp3) is 0.345. The van der Waals surface area contributed by atoms with Gasteiger partial charge in [0.2, 0.25) is 5.91 Å². The minimum absolute atomic E-state index is 0.0165. The summed E-state index contributed by atoms with van der Waals surface area (Å²) in [5.41, 5.74) is 9.98. The molecule has 222 valence electrons. The topological polar surface area (TPSA) is 107 Å². The van der Waals surface area contributed by atoms with Gasteiger partial charge in [-0.15, -0.1) is 5.53 Å². The van der Waals surface area contributed by atoms with Gasteiger partial charge in [-0.2, -0.15) is 18.3 Å². The molecule has 13 heteroatoms. The van der Waals surface area contributed by atoms with Crippen molar-refractivity contribution in [1.29, 1.82) is 0 Å². The Hall–Kier alpha value is -4.36. The lowest BCUT2D eigenvalue weighted by molar-refractivity contribution is -0.138. The van der Waals surface area contributed by atoms with Crippen LogP contribution in [-0.2, 0) is 24.6 Å². The third kappa shape index (κ3) is 6.26. The molecule has 0 spiro atoms. The molecule has 5 rings (SSSR count). The number of hydrogen-bond acceptors (Lipinski definition) is 7. The Morgan fingerprint density at radius 1 is 1.14 bits per heavy atom. The van der Waals surface area contributed by atoms with Crippen LogP contribution in [0.15, 0.2) is 48.8 Å². The van der Waals surface area contributed by atoms with E-state index in [9.17, 15) is 22.8 Å². The second-order valence-electron chi connectivity index (χ2n) is 10.4. The molecule has 2 amide bonds. The number of hydrazine groups is 2. The third-order valence-corrected chi connectivity index (χ3v) is 7.54. The number of alkyl halides is 3. The Labute approximate surface area is 241 Å². The van der Waals surface area contributed by atoms with E-state index in [1.165, 1.54) is 12.1 Å². The molecule has 10 nitrogen and oxygen atoms in total. The Balaban J connectivity index is 1.27. The largest absolute Gasteiger partial charge is 0.416 e. The first kappa shape index (κ1) is 29.1. The van der Waals surface area contributed by atoms with Crippen LogP contribution in [0.25, 0.3) is 5.70 Å². The highest BCUT2D eigenvalue weighted by molar-refractivity contribution is 6.05. The number of amides is 2. The monoisotopic (exact) mass is 582 g/mol. The molecule has 2 aliphatic rings.